The van der Waals surface area contributed by atoms with Crippen LogP contribution in [0.4, 0.5) is 5.69 Å². The largest absolute Gasteiger partial charge is 0.387 e. The number of halogens is 1. The summed E-state index contributed by atoms with van der Waals surface area (Å²) in [5.41, 5.74) is 1.35. The normalized spacial score (nSPS) is 11.2. The highest BCUT2D eigenvalue weighted by molar-refractivity contribution is 7.99. The Labute approximate surface area is 118 Å². The highest BCUT2D eigenvalue weighted by Gasteiger charge is 2.18. The first-order valence-electron chi connectivity index (χ1n) is 5.70. The average Bonchev–Trinajstić information content (AvgIpc) is 2.36. The number of carbonyl (C=O) groups excluding carboxylic acids is 1. The van der Waals surface area contributed by atoms with Gasteiger partial charge in [0, 0.05) is 29.0 Å². The number of rotatable bonds is 5. The molecule has 0 radical (unpaired) electrons. The molecular formula is C13H19ClN2OS. The Morgan fingerprint density at radius 3 is 2.67 bits per heavy atom. The molecule has 1 rings (SSSR count). The smallest absolute Gasteiger partial charge is 0.253 e. The molecule has 0 spiro atoms. The van der Waals surface area contributed by atoms with Gasteiger partial charge >= 0.3 is 0 Å². The van der Waals surface area contributed by atoms with Gasteiger partial charge < -0.3 is 10.6 Å². The Morgan fingerprint density at radius 1 is 1.44 bits per heavy atom. The Bertz CT molecular complexity index is 435. The molecule has 100 valence electrons. The molecule has 0 aliphatic carbocycles. The molecule has 1 amide bonds. The summed E-state index contributed by atoms with van der Waals surface area (Å²) in [5, 5.41) is 6.48. The van der Waals surface area contributed by atoms with Crippen LogP contribution in [0, 0.1) is 0 Å². The molecule has 1 aromatic carbocycles. The molecule has 0 saturated carbocycles. The average molecular weight is 287 g/mol. The second-order valence-electron chi connectivity index (χ2n) is 4.59. The van der Waals surface area contributed by atoms with Gasteiger partial charge in [-0.3, -0.25) is 4.79 Å². The lowest BCUT2D eigenvalue weighted by Crippen LogP contribution is -2.36. The van der Waals surface area contributed by atoms with E-state index in [-0.39, 0.29) is 10.7 Å². The van der Waals surface area contributed by atoms with E-state index in [4.69, 9.17) is 11.6 Å². The minimum absolute atomic E-state index is 0.0219. The molecule has 0 aliphatic heterocycles. The predicted octanol–water partition coefficient (Wildman–Crippen LogP) is 3.25. The van der Waals surface area contributed by atoms with Gasteiger partial charge in [0.2, 0.25) is 0 Å². The van der Waals surface area contributed by atoms with Gasteiger partial charge in [-0.2, -0.15) is 11.8 Å². The molecule has 2 N–H and O–H groups in total. The Kier molecular flexibility index (Phi) is 5.35. The van der Waals surface area contributed by atoms with Crippen molar-refractivity contribution in [3.63, 3.8) is 0 Å². The molecule has 1 aromatic rings. The first-order chi connectivity index (χ1) is 8.39. The standard InChI is InChI=1S/C13H19ClN2OS/c1-13(2,18-4)8-16-12(17)10-7-9(14)5-6-11(10)15-3/h5-7,15H,8H2,1-4H3,(H,16,17). The summed E-state index contributed by atoms with van der Waals surface area (Å²) in [5.74, 6) is -0.107. The van der Waals surface area contributed by atoms with Gasteiger partial charge in [-0.25, -0.2) is 0 Å². The van der Waals surface area contributed by atoms with Crippen LogP contribution in [0.3, 0.4) is 0 Å². The van der Waals surface area contributed by atoms with Crippen LogP contribution in [0.15, 0.2) is 18.2 Å². The molecule has 3 nitrogen and oxygen atoms in total. The van der Waals surface area contributed by atoms with Gasteiger partial charge in [-0.1, -0.05) is 11.6 Å². The minimum atomic E-state index is -0.107. The zero-order valence-corrected chi connectivity index (χ0v) is 12.7. The number of anilines is 1. The van der Waals surface area contributed by atoms with Crippen molar-refractivity contribution >= 4 is 35.0 Å². The summed E-state index contributed by atoms with van der Waals surface area (Å²) in [6, 6.07) is 5.24. The zero-order valence-electron chi connectivity index (χ0n) is 11.1. The molecule has 0 saturated heterocycles. The van der Waals surface area contributed by atoms with Crippen molar-refractivity contribution in [2.75, 3.05) is 25.2 Å². The second-order valence-corrected chi connectivity index (χ2v) is 6.54. The number of thioether (sulfide) groups is 1. The molecule has 0 atom stereocenters. The molecule has 0 unspecified atom stereocenters. The van der Waals surface area contributed by atoms with Crippen LogP contribution >= 0.6 is 23.4 Å². The van der Waals surface area contributed by atoms with E-state index >= 15 is 0 Å². The van der Waals surface area contributed by atoms with Crippen molar-refractivity contribution in [3.8, 4) is 0 Å². The zero-order chi connectivity index (χ0) is 13.8. The van der Waals surface area contributed by atoms with E-state index in [1.165, 1.54) is 0 Å². The fourth-order valence-corrected chi connectivity index (χ4v) is 1.77. The first-order valence-corrected chi connectivity index (χ1v) is 7.30. The van der Waals surface area contributed by atoms with Crippen LogP contribution in [0.2, 0.25) is 5.02 Å². The molecular weight excluding hydrogens is 268 g/mol. The van der Waals surface area contributed by atoms with E-state index in [9.17, 15) is 4.79 Å². The number of amides is 1. The van der Waals surface area contributed by atoms with Crippen LogP contribution in [0.25, 0.3) is 0 Å². The van der Waals surface area contributed by atoms with E-state index in [1.807, 2.05) is 6.26 Å². The summed E-state index contributed by atoms with van der Waals surface area (Å²) >= 11 is 7.64. The van der Waals surface area contributed by atoms with Crippen molar-refractivity contribution in [3.05, 3.63) is 28.8 Å². The summed E-state index contributed by atoms with van der Waals surface area (Å²) in [6.45, 7) is 4.80. The number of benzene rings is 1. The van der Waals surface area contributed by atoms with Crippen molar-refractivity contribution in [2.24, 2.45) is 0 Å². The van der Waals surface area contributed by atoms with Crippen molar-refractivity contribution < 1.29 is 4.79 Å². The van der Waals surface area contributed by atoms with Gasteiger partial charge in [-0.15, -0.1) is 0 Å². The van der Waals surface area contributed by atoms with Crippen LogP contribution in [0.5, 0.6) is 0 Å². The van der Waals surface area contributed by atoms with E-state index in [1.54, 1.807) is 37.0 Å². The van der Waals surface area contributed by atoms with Crippen LogP contribution < -0.4 is 10.6 Å². The molecule has 0 heterocycles. The van der Waals surface area contributed by atoms with E-state index in [2.05, 4.69) is 24.5 Å². The van der Waals surface area contributed by atoms with E-state index < -0.39 is 0 Å². The van der Waals surface area contributed by atoms with Crippen molar-refractivity contribution in [1.82, 2.24) is 5.32 Å². The maximum absolute atomic E-state index is 12.1. The van der Waals surface area contributed by atoms with Crippen molar-refractivity contribution in [1.29, 1.82) is 0 Å². The lowest BCUT2D eigenvalue weighted by Gasteiger charge is -2.22. The molecule has 0 aliphatic rings. The molecule has 18 heavy (non-hydrogen) atoms. The quantitative estimate of drug-likeness (QED) is 0.873. The summed E-state index contributed by atoms with van der Waals surface area (Å²) < 4.78 is 0.0219. The molecule has 0 bridgehead atoms. The second kappa shape index (κ2) is 6.34. The van der Waals surface area contributed by atoms with Crippen LogP contribution in [0.1, 0.15) is 24.2 Å². The fourth-order valence-electron chi connectivity index (χ4n) is 1.38. The van der Waals surface area contributed by atoms with Gasteiger partial charge in [-0.05, 0) is 38.3 Å². The number of nitrogens with one attached hydrogen (secondary N) is 2. The Morgan fingerprint density at radius 2 is 2.11 bits per heavy atom. The van der Waals surface area contributed by atoms with Gasteiger partial charge in [0.15, 0.2) is 0 Å². The van der Waals surface area contributed by atoms with Crippen molar-refractivity contribution in [2.45, 2.75) is 18.6 Å². The Hall–Kier alpha value is -0.870. The lowest BCUT2D eigenvalue weighted by molar-refractivity contribution is 0.0951. The van der Waals surface area contributed by atoms with Gasteiger partial charge in [0.25, 0.3) is 5.91 Å². The summed E-state index contributed by atoms with van der Waals surface area (Å²) in [7, 11) is 1.78. The number of hydrogen-bond acceptors (Lipinski definition) is 3. The molecule has 5 heteroatoms. The van der Waals surface area contributed by atoms with Gasteiger partial charge in [0.1, 0.15) is 0 Å². The van der Waals surface area contributed by atoms with E-state index in [0.29, 0.717) is 17.1 Å². The maximum atomic E-state index is 12.1. The third kappa shape index (κ3) is 4.10. The van der Waals surface area contributed by atoms with Crippen LogP contribution in [-0.4, -0.2) is 30.5 Å². The first kappa shape index (κ1) is 15.2. The maximum Gasteiger partial charge on any atom is 0.253 e. The number of carbonyl (C=O) groups is 1. The molecule has 0 aromatic heterocycles. The summed E-state index contributed by atoms with van der Waals surface area (Å²) in [6.07, 6.45) is 2.03. The lowest BCUT2D eigenvalue weighted by atomic mass is 10.1. The third-order valence-electron chi connectivity index (χ3n) is 2.72. The van der Waals surface area contributed by atoms with Gasteiger partial charge in [0.05, 0.1) is 5.56 Å². The highest BCUT2D eigenvalue weighted by Crippen LogP contribution is 2.22. The Balaban J connectivity index is 2.81. The highest BCUT2D eigenvalue weighted by atomic mass is 35.5. The topological polar surface area (TPSA) is 41.1 Å². The molecule has 0 fully saturated rings. The fraction of sp³-hybridized carbons (Fsp3) is 0.462. The predicted molar refractivity (Wildman–Crippen MR) is 80.9 cm³/mol. The van der Waals surface area contributed by atoms with E-state index in [0.717, 1.165) is 5.69 Å². The monoisotopic (exact) mass is 286 g/mol. The minimum Gasteiger partial charge on any atom is -0.387 e. The van der Waals surface area contributed by atoms with Crippen LogP contribution in [-0.2, 0) is 0 Å². The summed E-state index contributed by atoms with van der Waals surface area (Å²) in [4.78, 5) is 12.1. The SMILES string of the molecule is CNc1ccc(Cl)cc1C(=O)NCC(C)(C)SC. The number of hydrogen-bond donors (Lipinski definition) is 2. The third-order valence-corrected chi connectivity index (χ3v) is 4.21.